The van der Waals surface area contributed by atoms with Gasteiger partial charge in [0.2, 0.25) is 0 Å². The first kappa shape index (κ1) is 19.0. The maximum absolute atomic E-state index is 5.93. The average Bonchev–Trinajstić information content (AvgIpc) is 2.67. The third kappa shape index (κ3) is 5.12. The molecule has 3 aromatic rings. The van der Waals surface area contributed by atoms with Crippen molar-refractivity contribution in [3.05, 3.63) is 92.4 Å². The number of nitrogens with one attached hydrogen (secondary N) is 1. The van der Waals surface area contributed by atoms with Crippen LogP contribution in [0.1, 0.15) is 23.6 Å². The van der Waals surface area contributed by atoms with Crippen LogP contribution in [-0.2, 0) is 19.6 Å². The highest BCUT2D eigenvalue weighted by Crippen LogP contribution is 2.27. The molecule has 1 N–H and O–H groups in total. The lowest BCUT2D eigenvalue weighted by Crippen LogP contribution is -2.02. The van der Waals surface area contributed by atoms with E-state index in [1.807, 2.05) is 18.2 Å². The maximum atomic E-state index is 5.93. The van der Waals surface area contributed by atoms with E-state index in [1.54, 1.807) is 0 Å². The molecule has 0 aromatic heterocycles. The van der Waals surface area contributed by atoms with Crippen LogP contribution >= 0.6 is 31.9 Å². The molecule has 0 bridgehead atoms. The third-order valence-electron chi connectivity index (χ3n) is 4.19. The summed E-state index contributed by atoms with van der Waals surface area (Å²) in [6.07, 6.45) is 1.02. The van der Waals surface area contributed by atoms with Gasteiger partial charge in [-0.2, -0.15) is 0 Å². The minimum atomic E-state index is 0.549. The summed E-state index contributed by atoms with van der Waals surface area (Å²) in [5.41, 5.74) is 4.88. The zero-order chi connectivity index (χ0) is 18.4. The monoisotopic (exact) mass is 473 g/mol. The number of rotatable bonds is 7. The van der Waals surface area contributed by atoms with Gasteiger partial charge in [-0.25, -0.2) is 0 Å². The Bertz CT molecular complexity index is 862. The van der Waals surface area contributed by atoms with Gasteiger partial charge in [-0.3, -0.25) is 0 Å². The molecule has 26 heavy (non-hydrogen) atoms. The fraction of sp³-hybridized carbons (Fsp3) is 0.182. The Morgan fingerprint density at radius 3 is 2.35 bits per heavy atom. The van der Waals surface area contributed by atoms with E-state index in [9.17, 15) is 0 Å². The molecule has 0 aliphatic heterocycles. The zero-order valence-corrected chi connectivity index (χ0v) is 17.8. The molecular weight excluding hydrogens is 454 g/mol. The van der Waals surface area contributed by atoms with Gasteiger partial charge in [0.05, 0.1) is 4.47 Å². The average molecular weight is 475 g/mol. The summed E-state index contributed by atoms with van der Waals surface area (Å²) in [5, 5.41) is 3.52. The molecule has 3 rings (SSSR count). The fourth-order valence-electron chi connectivity index (χ4n) is 2.71. The Kier molecular flexibility index (Phi) is 6.75. The van der Waals surface area contributed by atoms with Gasteiger partial charge < -0.3 is 10.1 Å². The molecule has 0 saturated carbocycles. The molecule has 0 unspecified atom stereocenters. The number of para-hydroxylation sites is 1. The molecule has 134 valence electrons. The highest BCUT2D eigenvalue weighted by molar-refractivity contribution is 9.10. The standard InChI is InChI=1S/C22H21Br2NO/c1-2-18-5-3-4-6-21(18)25-14-17-9-12-22(20(24)13-17)26-15-16-7-10-19(23)11-8-16/h3-13,25H,2,14-15H2,1H3. The lowest BCUT2D eigenvalue weighted by Gasteiger charge is -2.13. The molecule has 2 nitrogen and oxygen atoms in total. The van der Waals surface area contributed by atoms with Crippen LogP contribution in [-0.4, -0.2) is 0 Å². The second kappa shape index (κ2) is 9.24. The molecule has 0 aliphatic carbocycles. The van der Waals surface area contributed by atoms with Gasteiger partial charge in [0.1, 0.15) is 12.4 Å². The van der Waals surface area contributed by atoms with E-state index in [0.717, 1.165) is 33.2 Å². The van der Waals surface area contributed by atoms with Crippen molar-refractivity contribution in [3.8, 4) is 5.75 Å². The molecule has 3 aromatic carbocycles. The maximum Gasteiger partial charge on any atom is 0.134 e. The van der Waals surface area contributed by atoms with Crippen molar-refractivity contribution in [3.63, 3.8) is 0 Å². The first-order chi connectivity index (χ1) is 12.7. The summed E-state index contributed by atoms with van der Waals surface area (Å²) in [7, 11) is 0. The Morgan fingerprint density at radius 1 is 0.885 bits per heavy atom. The van der Waals surface area contributed by atoms with Crippen LogP contribution in [0.3, 0.4) is 0 Å². The lowest BCUT2D eigenvalue weighted by molar-refractivity contribution is 0.304. The van der Waals surface area contributed by atoms with Crippen LogP contribution in [0.4, 0.5) is 5.69 Å². The van der Waals surface area contributed by atoms with Gasteiger partial charge >= 0.3 is 0 Å². The predicted molar refractivity (Wildman–Crippen MR) is 116 cm³/mol. The summed E-state index contributed by atoms with van der Waals surface area (Å²) in [5.74, 6) is 0.852. The van der Waals surface area contributed by atoms with Gasteiger partial charge in [-0.05, 0) is 69.4 Å². The van der Waals surface area contributed by atoms with Crippen LogP contribution in [0, 0.1) is 0 Å². The number of halogens is 2. The molecule has 0 radical (unpaired) electrons. The second-order valence-electron chi connectivity index (χ2n) is 6.04. The Hall–Kier alpha value is -1.78. The van der Waals surface area contributed by atoms with Crippen molar-refractivity contribution in [2.24, 2.45) is 0 Å². The largest absolute Gasteiger partial charge is 0.488 e. The van der Waals surface area contributed by atoms with Crippen LogP contribution < -0.4 is 10.1 Å². The van der Waals surface area contributed by atoms with E-state index in [2.05, 4.69) is 92.6 Å². The van der Waals surface area contributed by atoms with E-state index in [0.29, 0.717) is 6.61 Å². The molecule has 0 amide bonds. The first-order valence-corrected chi connectivity index (χ1v) is 10.2. The molecule has 0 spiro atoms. The number of ether oxygens (including phenoxy) is 1. The van der Waals surface area contributed by atoms with E-state index in [4.69, 9.17) is 4.74 Å². The second-order valence-corrected chi connectivity index (χ2v) is 7.81. The minimum absolute atomic E-state index is 0.549. The van der Waals surface area contributed by atoms with E-state index < -0.39 is 0 Å². The fourth-order valence-corrected chi connectivity index (χ4v) is 3.52. The summed E-state index contributed by atoms with van der Waals surface area (Å²) >= 11 is 7.07. The Morgan fingerprint density at radius 2 is 1.62 bits per heavy atom. The molecule has 0 fully saturated rings. The van der Waals surface area contributed by atoms with Crippen LogP contribution in [0.5, 0.6) is 5.75 Å². The number of anilines is 1. The topological polar surface area (TPSA) is 21.3 Å². The molecule has 4 heteroatoms. The van der Waals surface area contributed by atoms with Crippen molar-refractivity contribution in [1.29, 1.82) is 0 Å². The number of hydrogen-bond acceptors (Lipinski definition) is 2. The van der Waals surface area contributed by atoms with Crippen LogP contribution in [0.25, 0.3) is 0 Å². The lowest BCUT2D eigenvalue weighted by atomic mass is 10.1. The number of hydrogen-bond donors (Lipinski definition) is 1. The van der Waals surface area contributed by atoms with Gasteiger partial charge in [-0.15, -0.1) is 0 Å². The van der Waals surface area contributed by atoms with Crippen LogP contribution in [0.2, 0.25) is 0 Å². The highest BCUT2D eigenvalue weighted by Gasteiger charge is 2.05. The van der Waals surface area contributed by atoms with Crippen molar-refractivity contribution >= 4 is 37.5 Å². The van der Waals surface area contributed by atoms with Crippen LogP contribution in [0.15, 0.2) is 75.7 Å². The Labute approximate surface area is 171 Å². The summed E-state index contributed by atoms with van der Waals surface area (Å²) < 4.78 is 7.98. The first-order valence-electron chi connectivity index (χ1n) is 8.63. The smallest absolute Gasteiger partial charge is 0.134 e. The van der Waals surface area contributed by atoms with E-state index in [-0.39, 0.29) is 0 Å². The Balaban J connectivity index is 1.61. The van der Waals surface area contributed by atoms with E-state index in [1.165, 1.54) is 16.8 Å². The van der Waals surface area contributed by atoms with Gasteiger partial charge in [0, 0.05) is 16.7 Å². The van der Waals surface area contributed by atoms with Crippen molar-refractivity contribution in [2.75, 3.05) is 5.32 Å². The minimum Gasteiger partial charge on any atom is -0.488 e. The van der Waals surface area contributed by atoms with Crippen molar-refractivity contribution in [1.82, 2.24) is 0 Å². The molecule has 0 heterocycles. The summed E-state index contributed by atoms with van der Waals surface area (Å²) in [6, 6.07) is 22.8. The number of aryl methyl sites for hydroxylation is 1. The number of benzene rings is 3. The summed E-state index contributed by atoms with van der Waals surface area (Å²) in [6.45, 7) is 3.50. The molecule has 0 saturated heterocycles. The quantitative estimate of drug-likeness (QED) is 0.399. The van der Waals surface area contributed by atoms with Gasteiger partial charge in [0.15, 0.2) is 0 Å². The van der Waals surface area contributed by atoms with E-state index >= 15 is 0 Å². The van der Waals surface area contributed by atoms with Gasteiger partial charge in [0.25, 0.3) is 0 Å². The molecule has 0 aliphatic rings. The third-order valence-corrected chi connectivity index (χ3v) is 5.33. The van der Waals surface area contributed by atoms with Crippen molar-refractivity contribution in [2.45, 2.75) is 26.5 Å². The van der Waals surface area contributed by atoms with Gasteiger partial charge in [-0.1, -0.05) is 59.3 Å². The zero-order valence-electron chi connectivity index (χ0n) is 14.6. The normalized spacial score (nSPS) is 10.6. The SMILES string of the molecule is CCc1ccccc1NCc1ccc(OCc2ccc(Br)cc2)c(Br)c1. The molecular formula is C22H21Br2NO. The van der Waals surface area contributed by atoms with Crippen molar-refractivity contribution < 1.29 is 4.74 Å². The highest BCUT2D eigenvalue weighted by atomic mass is 79.9. The predicted octanol–water partition coefficient (Wildman–Crippen LogP) is 6.97. The molecule has 0 atom stereocenters. The summed E-state index contributed by atoms with van der Waals surface area (Å²) in [4.78, 5) is 0.